The third-order valence-corrected chi connectivity index (χ3v) is 6.12. The Hall–Kier alpha value is -1.81. The average Bonchev–Trinajstić information content (AvgIpc) is 3.12. The van der Waals surface area contributed by atoms with Gasteiger partial charge in [-0.25, -0.2) is 4.99 Å². The van der Waals surface area contributed by atoms with Crippen LogP contribution in [0.3, 0.4) is 0 Å². The molecule has 7 nitrogen and oxygen atoms in total. The van der Waals surface area contributed by atoms with E-state index in [4.69, 9.17) is 14.1 Å². The van der Waals surface area contributed by atoms with Crippen LogP contribution in [-0.2, 0) is 16.1 Å². The Labute approximate surface area is 201 Å². The van der Waals surface area contributed by atoms with Crippen molar-refractivity contribution in [2.24, 2.45) is 10.9 Å². The predicted molar refractivity (Wildman–Crippen MR) is 133 cm³/mol. The summed E-state index contributed by atoms with van der Waals surface area (Å²) in [6, 6.07) is 8.11. The highest BCUT2D eigenvalue weighted by molar-refractivity contribution is 14.0. The smallest absolute Gasteiger partial charge is 0.225 e. The second kappa shape index (κ2) is 11.2. The number of fused-ring (bicyclic) bond motifs is 1. The van der Waals surface area contributed by atoms with Crippen LogP contribution in [0.4, 0.5) is 0 Å². The molecule has 2 aromatic rings. The van der Waals surface area contributed by atoms with Crippen LogP contribution in [0.1, 0.15) is 31.1 Å². The molecule has 8 heteroatoms. The summed E-state index contributed by atoms with van der Waals surface area (Å²) in [7, 11) is 0. The molecule has 1 aromatic heterocycles. The second-order valence-corrected chi connectivity index (χ2v) is 8.02. The number of amides is 1. The number of furan rings is 1. The van der Waals surface area contributed by atoms with Gasteiger partial charge in [-0.3, -0.25) is 4.79 Å². The van der Waals surface area contributed by atoms with E-state index < -0.39 is 0 Å². The number of nitrogens with one attached hydrogen (secondary N) is 1. The van der Waals surface area contributed by atoms with Crippen molar-refractivity contribution in [3.63, 3.8) is 0 Å². The topological polar surface area (TPSA) is 70.3 Å². The Morgan fingerprint density at radius 3 is 2.52 bits per heavy atom. The van der Waals surface area contributed by atoms with E-state index in [0.717, 1.165) is 73.8 Å². The van der Waals surface area contributed by atoms with Crippen LogP contribution in [0.15, 0.2) is 33.7 Å². The lowest BCUT2D eigenvalue weighted by Gasteiger charge is -2.36. The van der Waals surface area contributed by atoms with Crippen molar-refractivity contribution in [3.8, 4) is 0 Å². The van der Waals surface area contributed by atoms with E-state index in [1.807, 2.05) is 23.1 Å². The molecule has 0 atom stereocenters. The van der Waals surface area contributed by atoms with Gasteiger partial charge in [0.05, 0.1) is 13.2 Å². The molecule has 0 aliphatic carbocycles. The zero-order chi connectivity index (χ0) is 20.9. The molecule has 2 aliphatic heterocycles. The molecule has 4 rings (SSSR count). The standard InChI is InChI=1S/C23H32N4O3.HI/c1-3-24-23(25-16-21-17(2)19-6-4-5-7-20(19)30-21)27-10-8-18(9-11-27)22(28)26-12-14-29-15-13-26;/h4-7,18H,3,8-16H2,1-2H3,(H,24,25);1H. The van der Waals surface area contributed by atoms with Crippen molar-refractivity contribution in [2.45, 2.75) is 33.2 Å². The van der Waals surface area contributed by atoms with Crippen molar-refractivity contribution in [1.82, 2.24) is 15.1 Å². The number of ether oxygens (including phenoxy) is 1. The summed E-state index contributed by atoms with van der Waals surface area (Å²) >= 11 is 0. The summed E-state index contributed by atoms with van der Waals surface area (Å²) in [6.45, 7) is 9.92. The molecule has 2 saturated heterocycles. The van der Waals surface area contributed by atoms with E-state index in [1.165, 1.54) is 0 Å². The van der Waals surface area contributed by atoms with Crippen molar-refractivity contribution in [1.29, 1.82) is 0 Å². The summed E-state index contributed by atoms with van der Waals surface area (Å²) in [5.41, 5.74) is 2.06. The van der Waals surface area contributed by atoms with Gasteiger partial charge in [0.1, 0.15) is 17.9 Å². The van der Waals surface area contributed by atoms with Crippen molar-refractivity contribution in [3.05, 3.63) is 35.6 Å². The van der Waals surface area contributed by atoms with Gasteiger partial charge in [0.2, 0.25) is 5.91 Å². The van der Waals surface area contributed by atoms with E-state index in [9.17, 15) is 4.79 Å². The first kappa shape index (κ1) is 23.8. The normalized spacial score (nSPS) is 18.2. The summed E-state index contributed by atoms with van der Waals surface area (Å²) in [4.78, 5) is 21.9. The van der Waals surface area contributed by atoms with Gasteiger partial charge in [0.15, 0.2) is 5.96 Å². The molecular formula is C23H33IN4O3. The molecule has 1 aromatic carbocycles. The Morgan fingerprint density at radius 2 is 1.84 bits per heavy atom. The number of morpholine rings is 1. The number of aryl methyl sites for hydroxylation is 1. The maximum atomic E-state index is 12.8. The SMILES string of the molecule is CCNC(=NCc1oc2ccccc2c1C)N1CCC(C(=O)N2CCOCC2)CC1.I. The third-order valence-electron chi connectivity index (χ3n) is 6.12. The van der Waals surface area contributed by atoms with Gasteiger partial charge < -0.3 is 24.3 Å². The van der Waals surface area contributed by atoms with Crippen LogP contribution in [0, 0.1) is 12.8 Å². The fourth-order valence-corrected chi connectivity index (χ4v) is 4.33. The molecule has 170 valence electrons. The maximum Gasteiger partial charge on any atom is 0.225 e. The van der Waals surface area contributed by atoms with Crippen molar-refractivity contribution < 1.29 is 13.9 Å². The molecular weight excluding hydrogens is 507 g/mol. The number of rotatable bonds is 4. The van der Waals surface area contributed by atoms with Gasteiger partial charge in [0.25, 0.3) is 0 Å². The van der Waals surface area contributed by atoms with Crippen LogP contribution < -0.4 is 5.32 Å². The van der Waals surface area contributed by atoms with Crippen LogP contribution in [0.5, 0.6) is 0 Å². The summed E-state index contributed by atoms with van der Waals surface area (Å²) in [6.07, 6.45) is 1.73. The zero-order valence-electron chi connectivity index (χ0n) is 18.4. The highest BCUT2D eigenvalue weighted by Gasteiger charge is 2.30. The number of aliphatic imine (C=N–C) groups is 1. The van der Waals surface area contributed by atoms with E-state index in [0.29, 0.717) is 19.8 Å². The molecule has 0 unspecified atom stereocenters. The van der Waals surface area contributed by atoms with E-state index in [2.05, 4.69) is 30.1 Å². The minimum atomic E-state index is 0. The summed E-state index contributed by atoms with van der Waals surface area (Å²) in [5, 5.41) is 4.55. The van der Waals surface area contributed by atoms with Crippen molar-refractivity contribution in [2.75, 3.05) is 45.9 Å². The quantitative estimate of drug-likeness (QED) is 0.366. The number of hydrogen-bond acceptors (Lipinski definition) is 4. The Bertz CT molecular complexity index is 899. The molecule has 2 fully saturated rings. The lowest BCUT2D eigenvalue weighted by Crippen LogP contribution is -2.50. The van der Waals surface area contributed by atoms with Crippen LogP contribution >= 0.6 is 24.0 Å². The summed E-state index contributed by atoms with van der Waals surface area (Å²) in [5.74, 6) is 2.20. The van der Waals surface area contributed by atoms with Crippen LogP contribution in [-0.4, -0.2) is 67.6 Å². The molecule has 2 aliphatic rings. The van der Waals surface area contributed by atoms with Crippen molar-refractivity contribution >= 4 is 46.8 Å². The monoisotopic (exact) mass is 540 g/mol. The number of para-hydroxylation sites is 1. The van der Waals surface area contributed by atoms with E-state index in [1.54, 1.807) is 0 Å². The lowest BCUT2D eigenvalue weighted by molar-refractivity contribution is -0.140. The number of guanidine groups is 1. The first-order valence-corrected chi connectivity index (χ1v) is 11.0. The van der Waals surface area contributed by atoms with Gasteiger partial charge in [-0.15, -0.1) is 24.0 Å². The number of halogens is 1. The number of likely N-dealkylation sites (tertiary alicyclic amines) is 1. The molecule has 0 saturated carbocycles. The molecule has 1 N–H and O–H groups in total. The number of carbonyl (C=O) groups is 1. The van der Waals surface area contributed by atoms with Gasteiger partial charge in [-0.05, 0) is 32.8 Å². The molecule has 1 amide bonds. The largest absolute Gasteiger partial charge is 0.459 e. The third kappa shape index (κ3) is 5.52. The maximum absolute atomic E-state index is 12.8. The minimum Gasteiger partial charge on any atom is -0.459 e. The predicted octanol–water partition coefficient (Wildman–Crippen LogP) is 3.40. The highest BCUT2D eigenvalue weighted by Crippen LogP contribution is 2.26. The van der Waals surface area contributed by atoms with E-state index in [-0.39, 0.29) is 35.8 Å². The minimum absolute atomic E-state index is 0. The molecule has 0 bridgehead atoms. The Kier molecular flexibility index (Phi) is 8.59. The first-order chi connectivity index (χ1) is 14.7. The number of nitrogens with zero attached hydrogens (tertiary/aromatic N) is 3. The van der Waals surface area contributed by atoms with Gasteiger partial charge >= 0.3 is 0 Å². The molecule has 31 heavy (non-hydrogen) atoms. The van der Waals surface area contributed by atoms with Gasteiger partial charge in [0, 0.05) is 49.6 Å². The fourth-order valence-electron chi connectivity index (χ4n) is 4.33. The molecule has 0 spiro atoms. The Morgan fingerprint density at radius 1 is 1.13 bits per heavy atom. The van der Waals surface area contributed by atoms with Gasteiger partial charge in [-0.2, -0.15) is 0 Å². The zero-order valence-corrected chi connectivity index (χ0v) is 20.8. The number of piperidine rings is 1. The second-order valence-electron chi connectivity index (χ2n) is 8.02. The highest BCUT2D eigenvalue weighted by atomic mass is 127. The van der Waals surface area contributed by atoms with Gasteiger partial charge in [-0.1, -0.05) is 18.2 Å². The van der Waals surface area contributed by atoms with E-state index >= 15 is 0 Å². The molecule has 3 heterocycles. The average molecular weight is 540 g/mol. The number of benzene rings is 1. The Balaban J connectivity index is 0.00000272. The van der Waals surface area contributed by atoms with Crippen LogP contribution in [0.25, 0.3) is 11.0 Å². The fraction of sp³-hybridized carbons (Fsp3) is 0.565. The summed E-state index contributed by atoms with van der Waals surface area (Å²) < 4.78 is 11.4. The number of hydrogen-bond donors (Lipinski definition) is 1. The first-order valence-electron chi connectivity index (χ1n) is 11.0. The van der Waals surface area contributed by atoms with Crippen LogP contribution in [0.2, 0.25) is 0 Å². The lowest BCUT2D eigenvalue weighted by atomic mass is 9.95. The number of carbonyl (C=O) groups excluding carboxylic acids is 1. The molecule has 0 radical (unpaired) electrons.